The molecule has 2 aromatic rings. The average Bonchev–Trinajstić information content (AvgIpc) is 2.75. The zero-order chi connectivity index (χ0) is 18.5. The minimum Gasteiger partial charge on any atom is -0.378 e. The van der Waals surface area contributed by atoms with Crippen molar-refractivity contribution in [2.45, 2.75) is 18.9 Å². The summed E-state index contributed by atoms with van der Waals surface area (Å²) in [6.07, 6.45) is 5.29. The second-order valence-electron chi connectivity index (χ2n) is 6.78. The number of piperidine rings is 1. The van der Waals surface area contributed by atoms with Gasteiger partial charge in [-0.1, -0.05) is 0 Å². The van der Waals surface area contributed by atoms with Crippen molar-refractivity contribution in [2.24, 2.45) is 0 Å². The number of nitrogens with one attached hydrogen (secondary N) is 1. The summed E-state index contributed by atoms with van der Waals surface area (Å²) in [5.74, 6) is 2.76. The van der Waals surface area contributed by atoms with Crippen LogP contribution in [0.1, 0.15) is 18.4 Å². The Balaban J connectivity index is 1.33. The van der Waals surface area contributed by atoms with Crippen molar-refractivity contribution >= 4 is 17.5 Å². The average molecular weight is 365 g/mol. The van der Waals surface area contributed by atoms with E-state index in [1.807, 2.05) is 18.2 Å². The lowest BCUT2D eigenvalue weighted by Crippen LogP contribution is -2.40. The second-order valence-corrected chi connectivity index (χ2v) is 6.78. The molecule has 140 valence electrons. The van der Waals surface area contributed by atoms with Crippen LogP contribution in [0.25, 0.3) is 0 Å². The molecule has 0 aromatic carbocycles. The molecule has 0 spiro atoms. The van der Waals surface area contributed by atoms with Crippen molar-refractivity contribution in [2.75, 3.05) is 54.5 Å². The maximum atomic E-state index is 8.88. The molecule has 2 aliphatic rings. The lowest BCUT2D eigenvalue weighted by atomic mass is 10.0. The summed E-state index contributed by atoms with van der Waals surface area (Å²) in [6.45, 7) is 5.08. The smallest absolute Gasteiger partial charge is 0.134 e. The molecule has 8 nitrogen and oxygen atoms in total. The number of nitrogens with zero attached hydrogens (tertiary/aromatic N) is 6. The van der Waals surface area contributed by atoms with Gasteiger partial charge in [-0.05, 0) is 25.0 Å². The van der Waals surface area contributed by atoms with Gasteiger partial charge in [0.1, 0.15) is 29.9 Å². The highest BCUT2D eigenvalue weighted by molar-refractivity contribution is 5.49. The molecule has 0 amide bonds. The molecule has 4 heterocycles. The third-order valence-electron chi connectivity index (χ3n) is 5.04. The van der Waals surface area contributed by atoms with E-state index in [1.54, 1.807) is 12.5 Å². The zero-order valence-electron chi connectivity index (χ0n) is 15.2. The van der Waals surface area contributed by atoms with Gasteiger partial charge in [0.2, 0.25) is 0 Å². The molecule has 1 N–H and O–H groups in total. The van der Waals surface area contributed by atoms with E-state index in [9.17, 15) is 0 Å². The molecule has 8 heteroatoms. The predicted molar refractivity (Wildman–Crippen MR) is 103 cm³/mol. The van der Waals surface area contributed by atoms with E-state index in [0.717, 1.165) is 69.7 Å². The van der Waals surface area contributed by atoms with Gasteiger partial charge in [0.15, 0.2) is 0 Å². The van der Waals surface area contributed by atoms with E-state index >= 15 is 0 Å². The van der Waals surface area contributed by atoms with Crippen LogP contribution in [0, 0.1) is 11.3 Å². The predicted octanol–water partition coefficient (Wildman–Crippen LogP) is 1.66. The summed E-state index contributed by atoms with van der Waals surface area (Å²) in [7, 11) is 0. The second kappa shape index (κ2) is 8.18. The molecule has 2 aromatic heterocycles. The van der Waals surface area contributed by atoms with E-state index in [4.69, 9.17) is 10.00 Å². The van der Waals surface area contributed by atoms with Crippen molar-refractivity contribution in [3.05, 3.63) is 36.3 Å². The molecule has 0 bridgehead atoms. The summed E-state index contributed by atoms with van der Waals surface area (Å²) >= 11 is 0. The van der Waals surface area contributed by atoms with Gasteiger partial charge in [-0.25, -0.2) is 15.0 Å². The van der Waals surface area contributed by atoms with Gasteiger partial charge in [-0.15, -0.1) is 0 Å². The van der Waals surface area contributed by atoms with Gasteiger partial charge in [0.25, 0.3) is 0 Å². The van der Waals surface area contributed by atoms with Crippen LogP contribution in [0.5, 0.6) is 0 Å². The summed E-state index contributed by atoms with van der Waals surface area (Å²) in [6, 6.07) is 8.26. The van der Waals surface area contributed by atoms with Crippen LogP contribution in [0.2, 0.25) is 0 Å². The van der Waals surface area contributed by atoms with Gasteiger partial charge in [0.05, 0.1) is 18.8 Å². The topological polar surface area (TPSA) is 90.2 Å². The summed E-state index contributed by atoms with van der Waals surface area (Å²) in [4.78, 5) is 17.7. The Labute approximate surface area is 158 Å². The van der Waals surface area contributed by atoms with E-state index in [1.165, 1.54) is 0 Å². The van der Waals surface area contributed by atoms with E-state index in [0.29, 0.717) is 11.6 Å². The molecule has 2 fully saturated rings. The Kier molecular flexibility index (Phi) is 5.30. The molecule has 0 aliphatic carbocycles. The monoisotopic (exact) mass is 365 g/mol. The van der Waals surface area contributed by atoms with Crippen molar-refractivity contribution in [3.8, 4) is 6.07 Å². The molecule has 0 saturated carbocycles. The number of aromatic nitrogens is 3. The first-order chi connectivity index (χ1) is 13.3. The molecule has 0 atom stereocenters. The summed E-state index contributed by atoms with van der Waals surface area (Å²) in [5.41, 5.74) is 0.593. The molecule has 0 radical (unpaired) electrons. The fourth-order valence-electron chi connectivity index (χ4n) is 3.49. The Bertz CT molecular complexity index is 790. The van der Waals surface area contributed by atoms with Gasteiger partial charge in [-0.3, -0.25) is 0 Å². The minimum absolute atomic E-state index is 0.382. The van der Waals surface area contributed by atoms with Crippen molar-refractivity contribution < 1.29 is 4.74 Å². The summed E-state index contributed by atoms with van der Waals surface area (Å²) < 4.78 is 5.41. The van der Waals surface area contributed by atoms with Crippen LogP contribution >= 0.6 is 0 Å². The number of hydrogen-bond acceptors (Lipinski definition) is 8. The third-order valence-corrected chi connectivity index (χ3v) is 5.04. The van der Waals surface area contributed by atoms with Crippen LogP contribution in [0.15, 0.2) is 30.7 Å². The highest BCUT2D eigenvalue weighted by Crippen LogP contribution is 2.22. The third kappa shape index (κ3) is 4.26. The van der Waals surface area contributed by atoms with Crippen LogP contribution < -0.4 is 15.1 Å². The summed E-state index contributed by atoms with van der Waals surface area (Å²) in [5, 5.41) is 12.4. The molecular formula is C19H23N7O. The minimum atomic E-state index is 0.382. The number of pyridine rings is 1. The van der Waals surface area contributed by atoms with E-state index in [-0.39, 0.29) is 0 Å². The molecule has 4 rings (SSSR count). The fourth-order valence-corrected chi connectivity index (χ4v) is 3.49. The first-order valence-electron chi connectivity index (χ1n) is 9.34. The lowest BCUT2D eigenvalue weighted by molar-refractivity contribution is 0.122. The van der Waals surface area contributed by atoms with Crippen LogP contribution in [0.3, 0.4) is 0 Å². The Morgan fingerprint density at radius 2 is 1.78 bits per heavy atom. The quantitative estimate of drug-likeness (QED) is 0.875. The van der Waals surface area contributed by atoms with Crippen molar-refractivity contribution in [1.82, 2.24) is 15.0 Å². The molecule has 2 saturated heterocycles. The van der Waals surface area contributed by atoms with Crippen LogP contribution in [-0.2, 0) is 4.74 Å². The Morgan fingerprint density at radius 3 is 2.48 bits per heavy atom. The fraction of sp³-hybridized carbons (Fsp3) is 0.474. The Morgan fingerprint density at radius 1 is 1.00 bits per heavy atom. The largest absolute Gasteiger partial charge is 0.378 e. The molecular weight excluding hydrogens is 342 g/mol. The lowest BCUT2D eigenvalue weighted by Gasteiger charge is -2.33. The highest BCUT2D eigenvalue weighted by Gasteiger charge is 2.21. The normalized spacial score (nSPS) is 18.2. The van der Waals surface area contributed by atoms with E-state index in [2.05, 4.69) is 36.1 Å². The highest BCUT2D eigenvalue weighted by atomic mass is 16.5. The number of nitriles is 1. The molecule has 2 aliphatic heterocycles. The standard InChI is InChI=1S/C19H23N7O/c20-12-15-1-2-18(21-13-15)25-5-3-16(4-6-25)24-17-11-19(23-14-22-17)26-7-9-27-10-8-26/h1-2,11,13-14,16H,3-10H2,(H,22,23,24). The van der Waals surface area contributed by atoms with Crippen LogP contribution in [0.4, 0.5) is 17.5 Å². The van der Waals surface area contributed by atoms with Crippen LogP contribution in [-0.4, -0.2) is 60.4 Å². The number of ether oxygens (including phenoxy) is 1. The molecule has 27 heavy (non-hydrogen) atoms. The SMILES string of the molecule is N#Cc1ccc(N2CCC(Nc3cc(N4CCOCC4)ncn3)CC2)nc1. The van der Waals surface area contributed by atoms with Gasteiger partial charge >= 0.3 is 0 Å². The number of morpholine rings is 1. The maximum Gasteiger partial charge on any atom is 0.134 e. The number of anilines is 3. The van der Waals surface area contributed by atoms with Gasteiger partial charge < -0.3 is 19.9 Å². The number of hydrogen-bond donors (Lipinski definition) is 1. The number of rotatable bonds is 4. The molecule has 0 unspecified atom stereocenters. The van der Waals surface area contributed by atoms with Gasteiger partial charge in [0, 0.05) is 44.5 Å². The zero-order valence-corrected chi connectivity index (χ0v) is 15.2. The van der Waals surface area contributed by atoms with E-state index < -0.39 is 0 Å². The maximum absolute atomic E-state index is 8.88. The van der Waals surface area contributed by atoms with Crippen molar-refractivity contribution in [3.63, 3.8) is 0 Å². The van der Waals surface area contributed by atoms with Gasteiger partial charge in [-0.2, -0.15) is 5.26 Å². The first kappa shape index (κ1) is 17.5. The Hall–Kier alpha value is -2.92. The van der Waals surface area contributed by atoms with Crippen molar-refractivity contribution in [1.29, 1.82) is 5.26 Å². The first-order valence-corrected chi connectivity index (χ1v) is 9.34.